The normalized spacial score (nSPS) is 16.1. The van der Waals surface area contributed by atoms with Crippen LogP contribution in [0.25, 0.3) is 0 Å². The number of hydrogen-bond donors (Lipinski definition) is 2. The number of carbonyl (C=O) groups is 2. The van der Waals surface area contributed by atoms with Gasteiger partial charge in [-0.1, -0.05) is 18.2 Å². The van der Waals surface area contributed by atoms with Crippen LogP contribution in [-0.2, 0) is 9.59 Å². The summed E-state index contributed by atoms with van der Waals surface area (Å²) in [5, 5.41) is 5.96. The third-order valence-corrected chi connectivity index (χ3v) is 3.30. The van der Waals surface area contributed by atoms with E-state index in [0.29, 0.717) is 13.0 Å². The minimum absolute atomic E-state index is 0.0258. The average molecular weight is 275 g/mol. The van der Waals surface area contributed by atoms with Crippen molar-refractivity contribution in [2.45, 2.75) is 25.8 Å². The molecular weight excluding hydrogens is 254 g/mol. The molecule has 0 aromatic heterocycles. The molecule has 2 N–H and O–H groups in total. The maximum Gasteiger partial charge on any atom is 0.239 e. The largest absolute Gasteiger partial charge is 0.376 e. The molecule has 1 fully saturated rings. The Balaban J connectivity index is 1.69. The average Bonchev–Trinajstić information content (AvgIpc) is 2.83. The standard InChI is InChI=1S/C15H21N3O2/c1-12(11-18-9-5-8-15(18)20)17-14(19)10-16-13-6-3-2-4-7-13/h2-4,6-7,12,16H,5,8-11H2,1H3,(H,17,19). The number of amides is 2. The summed E-state index contributed by atoms with van der Waals surface area (Å²) < 4.78 is 0. The summed E-state index contributed by atoms with van der Waals surface area (Å²) in [4.78, 5) is 25.1. The molecule has 0 radical (unpaired) electrons. The van der Waals surface area contributed by atoms with Crippen LogP contribution in [0.2, 0.25) is 0 Å². The van der Waals surface area contributed by atoms with Crippen LogP contribution in [0.1, 0.15) is 19.8 Å². The van der Waals surface area contributed by atoms with Crippen LogP contribution in [0, 0.1) is 0 Å². The van der Waals surface area contributed by atoms with E-state index in [2.05, 4.69) is 10.6 Å². The molecule has 2 amide bonds. The van der Waals surface area contributed by atoms with Crippen LogP contribution in [0.15, 0.2) is 30.3 Å². The molecule has 1 aliphatic heterocycles. The lowest BCUT2D eigenvalue weighted by Gasteiger charge is -2.21. The summed E-state index contributed by atoms with van der Waals surface area (Å²) in [5.74, 6) is 0.126. The SMILES string of the molecule is CC(CN1CCCC1=O)NC(=O)CNc1ccccc1. The first-order chi connectivity index (χ1) is 9.65. The van der Waals surface area contributed by atoms with Gasteiger partial charge in [-0.3, -0.25) is 9.59 Å². The Labute approximate surface area is 119 Å². The van der Waals surface area contributed by atoms with Crippen molar-refractivity contribution in [3.8, 4) is 0 Å². The Hall–Kier alpha value is -2.04. The maximum absolute atomic E-state index is 11.8. The molecule has 1 unspecified atom stereocenters. The molecule has 0 bridgehead atoms. The quantitative estimate of drug-likeness (QED) is 0.821. The number of rotatable bonds is 6. The van der Waals surface area contributed by atoms with Crippen molar-refractivity contribution in [1.29, 1.82) is 0 Å². The van der Waals surface area contributed by atoms with Crippen LogP contribution in [0.3, 0.4) is 0 Å². The maximum atomic E-state index is 11.8. The molecular formula is C15H21N3O2. The zero-order valence-electron chi connectivity index (χ0n) is 11.8. The van der Waals surface area contributed by atoms with Gasteiger partial charge in [-0.05, 0) is 25.5 Å². The van der Waals surface area contributed by atoms with Gasteiger partial charge in [-0.15, -0.1) is 0 Å². The summed E-state index contributed by atoms with van der Waals surface area (Å²) in [7, 11) is 0. The number of nitrogens with zero attached hydrogens (tertiary/aromatic N) is 1. The second-order valence-electron chi connectivity index (χ2n) is 5.13. The topological polar surface area (TPSA) is 61.4 Å². The number of para-hydroxylation sites is 1. The fraction of sp³-hybridized carbons (Fsp3) is 0.467. The monoisotopic (exact) mass is 275 g/mol. The van der Waals surface area contributed by atoms with Crippen LogP contribution in [0.4, 0.5) is 5.69 Å². The van der Waals surface area contributed by atoms with Crippen molar-refractivity contribution in [2.75, 3.05) is 25.0 Å². The fourth-order valence-electron chi connectivity index (χ4n) is 2.34. The van der Waals surface area contributed by atoms with E-state index in [-0.39, 0.29) is 24.4 Å². The predicted molar refractivity (Wildman–Crippen MR) is 78.4 cm³/mol. The van der Waals surface area contributed by atoms with Crippen LogP contribution >= 0.6 is 0 Å². The van der Waals surface area contributed by atoms with Gasteiger partial charge >= 0.3 is 0 Å². The summed E-state index contributed by atoms with van der Waals surface area (Å²) in [5.41, 5.74) is 0.921. The van der Waals surface area contributed by atoms with Crippen molar-refractivity contribution >= 4 is 17.5 Å². The smallest absolute Gasteiger partial charge is 0.239 e. The number of carbonyl (C=O) groups excluding carboxylic acids is 2. The molecule has 0 aliphatic carbocycles. The van der Waals surface area contributed by atoms with E-state index in [1.165, 1.54) is 0 Å². The molecule has 1 aromatic rings. The van der Waals surface area contributed by atoms with E-state index in [0.717, 1.165) is 18.7 Å². The first-order valence-corrected chi connectivity index (χ1v) is 7.01. The molecule has 1 heterocycles. The van der Waals surface area contributed by atoms with E-state index < -0.39 is 0 Å². The number of hydrogen-bond acceptors (Lipinski definition) is 3. The van der Waals surface area contributed by atoms with Crippen molar-refractivity contribution in [3.05, 3.63) is 30.3 Å². The van der Waals surface area contributed by atoms with Gasteiger partial charge in [0, 0.05) is 31.2 Å². The highest BCUT2D eigenvalue weighted by atomic mass is 16.2. The van der Waals surface area contributed by atoms with E-state index >= 15 is 0 Å². The summed E-state index contributed by atoms with van der Waals surface area (Å²) in [6, 6.07) is 9.57. The molecule has 2 rings (SSSR count). The Morgan fingerprint density at radius 2 is 2.10 bits per heavy atom. The molecule has 108 valence electrons. The van der Waals surface area contributed by atoms with E-state index in [1.54, 1.807) is 0 Å². The van der Waals surface area contributed by atoms with Crippen LogP contribution in [-0.4, -0.2) is 42.4 Å². The first-order valence-electron chi connectivity index (χ1n) is 7.01. The molecule has 20 heavy (non-hydrogen) atoms. The third kappa shape index (κ3) is 4.26. The van der Waals surface area contributed by atoms with Crippen molar-refractivity contribution < 1.29 is 9.59 Å². The lowest BCUT2D eigenvalue weighted by Crippen LogP contribution is -2.44. The fourth-order valence-corrected chi connectivity index (χ4v) is 2.34. The number of anilines is 1. The number of nitrogens with one attached hydrogen (secondary N) is 2. The number of benzene rings is 1. The van der Waals surface area contributed by atoms with Gasteiger partial charge in [0.15, 0.2) is 0 Å². The molecule has 5 heteroatoms. The van der Waals surface area contributed by atoms with Crippen molar-refractivity contribution in [1.82, 2.24) is 10.2 Å². The van der Waals surface area contributed by atoms with E-state index in [9.17, 15) is 9.59 Å². The highest BCUT2D eigenvalue weighted by Crippen LogP contribution is 2.09. The van der Waals surface area contributed by atoms with Crippen molar-refractivity contribution in [2.24, 2.45) is 0 Å². The Bertz CT molecular complexity index is 461. The lowest BCUT2D eigenvalue weighted by atomic mass is 10.3. The Morgan fingerprint density at radius 3 is 2.75 bits per heavy atom. The number of likely N-dealkylation sites (tertiary alicyclic amines) is 1. The third-order valence-electron chi connectivity index (χ3n) is 3.30. The zero-order valence-corrected chi connectivity index (χ0v) is 11.8. The van der Waals surface area contributed by atoms with Crippen LogP contribution in [0.5, 0.6) is 0 Å². The zero-order chi connectivity index (χ0) is 14.4. The van der Waals surface area contributed by atoms with Crippen molar-refractivity contribution in [3.63, 3.8) is 0 Å². The second-order valence-corrected chi connectivity index (χ2v) is 5.13. The lowest BCUT2D eigenvalue weighted by molar-refractivity contribution is -0.128. The first kappa shape index (κ1) is 14.4. The Kier molecular flexibility index (Phi) is 4.98. The second kappa shape index (κ2) is 6.93. The summed E-state index contributed by atoms with van der Waals surface area (Å²) >= 11 is 0. The van der Waals surface area contributed by atoms with Crippen LogP contribution < -0.4 is 10.6 Å². The molecule has 1 saturated heterocycles. The van der Waals surface area contributed by atoms with E-state index in [4.69, 9.17) is 0 Å². The minimum Gasteiger partial charge on any atom is -0.376 e. The van der Waals surface area contributed by atoms with Gasteiger partial charge in [-0.25, -0.2) is 0 Å². The van der Waals surface area contributed by atoms with Gasteiger partial charge in [0.1, 0.15) is 0 Å². The van der Waals surface area contributed by atoms with E-state index in [1.807, 2.05) is 42.2 Å². The van der Waals surface area contributed by atoms with Gasteiger partial charge in [0.2, 0.25) is 11.8 Å². The predicted octanol–water partition coefficient (Wildman–Crippen LogP) is 1.23. The Morgan fingerprint density at radius 1 is 1.35 bits per heavy atom. The highest BCUT2D eigenvalue weighted by molar-refractivity contribution is 5.81. The summed E-state index contributed by atoms with van der Waals surface area (Å²) in [6.07, 6.45) is 1.56. The van der Waals surface area contributed by atoms with Gasteiger partial charge in [0.05, 0.1) is 6.54 Å². The molecule has 1 aromatic carbocycles. The summed E-state index contributed by atoms with van der Waals surface area (Å²) in [6.45, 7) is 3.56. The minimum atomic E-state index is -0.0620. The molecule has 0 saturated carbocycles. The van der Waals surface area contributed by atoms with Gasteiger partial charge in [0.25, 0.3) is 0 Å². The molecule has 5 nitrogen and oxygen atoms in total. The molecule has 0 spiro atoms. The highest BCUT2D eigenvalue weighted by Gasteiger charge is 2.22. The molecule has 1 atom stereocenters. The van der Waals surface area contributed by atoms with Gasteiger partial charge < -0.3 is 15.5 Å². The van der Waals surface area contributed by atoms with Gasteiger partial charge in [-0.2, -0.15) is 0 Å². The molecule has 1 aliphatic rings.